The van der Waals surface area contributed by atoms with Crippen LogP contribution in [0.4, 0.5) is 5.82 Å². The SMILES string of the molecule is COc1ccccc1Cn1ncc2c1NC(=O)C[C@@H]2c1cc2cc[nH]c2cn1. The highest BCUT2D eigenvalue weighted by Gasteiger charge is 2.31. The van der Waals surface area contributed by atoms with Gasteiger partial charge >= 0.3 is 0 Å². The van der Waals surface area contributed by atoms with E-state index < -0.39 is 0 Å². The van der Waals surface area contributed by atoms with Gasteiger partial charge in [0, 0.05) is 40.7 Å². The predicted molar refractivity (Wildman–Crippen MR) is 106 cm³/mol. The number of ether oxygens (including phenoxy) is 1. The number of aromatic amines is 1. The van der Waals surface area contributed by atoms with Crippen molar-refractivity contribution in [3.05, 3.63) is 71.8 Å². The average Bonchev–Trinajstić information content (AvgIpc) is 3.34. The zero-order valence-electron chi connectivity index (χ0n) is 15.3. The number of methoxy groups -OCH3 is 1. The van der Waals surface area contributed by atoms with Gasteiger partial charge < -0.3 is 15.0 Å². The van der Waals surface area contributed by atoms with Crippen LogP contribution in [0.1, 0.15) is 29.2 Å². The molecule has 7 nitrogen and oxygen atoms in total. The van der Waals surface area contributed by atoms with Crippen LogP contribution in [0.15, 0.2) is 55.0 Å². The standard InChI is InChI=1S/C21H19N5O2/c1-28-19-5-3-2-4-14(19)12-26-21-16(10-24-26)15(9-20(27)25-21)17-8-13-6-7-22-18(13)11-23-17/h2-8,10-11,15,22H,9,12H2,1H3,(H,25,27)/t15-/m0/s1. The number of para-hydroxylation sites is 1. The minimum atomic E-state index is -0.116. The third kappa shape index (κ3) is 2.72. The molecule has 1 aromatic carbocycles. The van der Waals surface area contributed by atoms with Crippen LogP contribution in [0.2, 0.25) is 0 Å². The lowest BCUT2D eigenvalue weighted by atomic mass is 9.90. The summed E-state index contributed by atoms with van der Waals surface area (Å²) < 4.78 is 7.25. The van der Waals surface area contributed by atoms with Crippen molar-refractivity contribution in [3.63, 3.8) is 0 Å². The number of hydrogen-bond donors (Lipinski definition) is 2. The van der Waals surface area contributed by atoms with Gasteiger partial charge in [0.2, 0.25) is 5.91 Å². The van der Waals surface area contributed by atoms with E-state index >= 15 is 0 Å². The van der Waals surface area contributed by atoms with Crippen molar-refractivity contribution < 1.29 is 9.53 Å². The lowest BCUT2D eigenvalue weighted by molar-refractivity contribution is -0.116. The van der Waals surface area contributed by atoms with Crippen LogP contribution in [-0.4, -0.2) is 32.8 Å². The van der Waals surface area contributed by atoms with E-state index in [2.05, 4.69) is 20.4 Å². The van der Waals surface area contributed by atoms with Crippen LogP contribution in [0.5, 0.6) is 5.75 Å². The Bertz CT molecular complexity index is 1180. The van der Waals surface area contributed by atoms with E-state index in [4.69, 9.17) is 4.74 Å². The van der Waals surface area contributed by atoms with E-state index in [0.29, 0.717) is 13.0 Å². The van der Waals surface area contributed by atoms with Gasteiger partial charge in [-0.3, -0.25) is 9.78 Å². The molecule has 1 atom stereocenters. The number of H-pyrrole nitrogens is 1. The molecule has 1 aliphatic rings. The number of carbonyl (C=O) groups is 1. The zero-order chi connectivity index (χ0) is 19.1. The molecule has 0 bridgehead atoms. The molecule has 1 amide bonds. The van der Waals surface area contributed by atoms with Crippen molar-refractivity contribution in [2.24, 2.45) is 0 Å². The van der Waals surface area contributed by atoms with E-state index in [1.165, 1.54) is 0 Å². The molecule has 3 aromatic heterocycles. The number of nitrogens with zero attached hydrogens (tertiary/aromatic N) is 3. The summed E-state index contributed by atoms with van der Waals surface area (Å²) in [7, 11) is 1.65. The molecule has 0 fully saturated rings. The summed E-state index contributed by atoms with van der Waals surface area (Å²) in [5, 5.41) is 8.61. The molecule has 140 valence electrons. The zero-order valence-corrected chi connectivity index (χ0v) is 15.3. The number of amides is 1. The second-order valence-electron chi connectivity index (χ2n) is 6.90. The van der Waals surface area contributed by atoms with Gasteiger partial charge in [-0.05, 0) is 18.2 Å². The van der Waals surface area contributed by atoms with E-state index in [1.54, 1.807) is 7.11 Å². The Balaban J connectivity index is 1.54. The summed E-state index contributed by atoms with van der Waals surface area (Å²) in [6.07, 6.45) is 5.89. The molecule has 0 aliphatic carbocycles. The fourth-order valence-corrected chi connectivity index (χ4v) is 3.81. The Hall–Kier alpha value is -3.61. The van der Waals surface area contributed by atoms with Crippen LogP contribution in [0.3, 0.4) is 0 Å². The van der Waals surface area contributed by atoms with Gasteiger partial charge in [-0.15, -0.1) is 0 Å². The summed E-state index contributed by atoms with van der Waals surface area (Å²) in [5.74, 6) is 1.37. The Labute approximate surface area is 161 Å². The predicted octanol–water partition coefficient (Wildman–Crippen LogP) is 3.29. The summed E-state index contributed by atoms with van der Waals surface area (Å²) in [6.45, 7) is 0.511. The van der Waals surface area contributed by atoms with E-state index in [1.807, 2.05) is 59.7 Å². The molecule has 0 saturated carbocycles. The van der Waals surface area contributed by atoms with Crippen LogP contribution >= 0.6 is 0 Å². The van der Waals surface area contributed by atoms with Gasteiger partial charge in [-0.25, -0.2) is 4.68 Å². The van der Waals surface area contributed by atoms with Gasteiger partial charge in [0.25, 0.3) is 0 Å². The van der Waals surface area contributed by atoms with Crippen LogP contribution < -0.4 is 10.1 Å². The third-order valence-electron chi connectivity index (χ3n) is 5.22. The van der Waals surface area contributed by atoms with Gasteiger partial charge in [0.05, 0.1) is 31.6 Å². The fourth-order valence-electron chi connectivity index (χ4n) is 3.81. The number of rotatable bonds is 4. The second-order valence-corrected chi connectivity index (χ2v) is 6.90. The first-order chi connectivity index (χ1) is 13.7. The highest BCUT2D eigenvalue weighted by molar-refractivity contribution is 5.94. The second kappa shape index (κ2) is 6.53. The molecule has 0 unspecified atom stereocenters. The normalized spacial score (nSPS) is 16.0. The largest absolute Gasteiger partial charge is 0.496 e. The molecule has 0 saturated heterocycles. The van der Waals surface area contributed by atoms with Crippen molar-refractivity contribution in [1.82, 2.24) is 19.7 Å². The third-order valence-corrected chi connectivity index (χ3v) is 5.22. The Morgan fingerprint density at radius 1 is 1.25 bits per heavy atom. The molecular weight excluding hydrogens is 354 g/mol. The monoisotopic (exact) mass is 373 g/mol. The molecule has 0 spiro atoms. The summed E-state index contributed by atoms with van der Waals surface area (Å²) in [6, 6.07) is 11.9. The first-order valence-electron chi connectivity index (χ1n) is 9.13. The van der Waals surface area contributed by atoms with Gasteiger partial charge in [0.15, 0.2) is 0 Å². The van der Waals surface area contributed by atoms with Crippen LogP contribution in [0.25, 0.3) is 10.9 Å². The number of fused-ring (bicyclic) bond motifs is 2. The first kappa shape index (κ1) is 16.6. The molecular formula is C21H19N5O2. The van der Waals surface area contributed by atoms with Crippen molar-refractivity contribution >= 4 is 22.6 Å². The summed E-state index contributed by atoms with van der Waals surface area (Å²) in [4.78, 5) is 20.2. The maximum Gasteiger partial charge on any atom is 0.226 e. The molecule has 4 aromatic rings. The van der Waals surface area contributed by atoms with Crippen molar-refractivity contribution in [2.45, 2.75) is 18.9 Å². The number of hydrogen-bond acceptors (Lipinski definition) is 4. The highest BCUT2D eigenvalue weighted by Crippen LogP contribution is 2.37. The molecule has 0 radical (unpaired) electrons. The van der Waals surface area contributed by atoms with Crippen LogP contribution in [0, 0.1) is 0 Å². The number of nitrogens with one attached hydrogen (secondary N) is 2. The topological polar surface area (TPSA) is 84.8 Å². The molecule has 5 rings (SSSR count). The Morgan fingerprint density at radius 2 is 2.14 bits per heavy atom. The van der Waals surface area contributed by atoms with Crippen molar-refractivity contribution in [1.29, 1.82) is 0 Å². The fraction of sp³-hybridized carbons (Fsp3) is 0.190. The summed E-state index contributed by atoms with van der Waals surface area (Å²) in [5.41, 5.74) is 3.84. The molecule has 28 heavy (non-hydrogen) atoms. The lowest BCUT2D eigenvalue weighted by Gasteiger charge is -2.23. The van der Waals surface area contributed by atoms with Crippen molar-refractivity contribution in [3.8, 4) is 5.75 Å². The Morgan fingerprint density at radius 3 is 3.04 bits per heavy atom. The van der Waals surface area contributed by atoms with E-state index in [-0.39, 0.29) is 11.8 Å². The molecule has 1 aliphatic heterocycles. The Kier molecular flexibility index (Phi) is 3.86. The van der Waals surface area contributed by atoms with E-state index in [0.717, 1.165) is 39.3 Å². The lowest BCUT2D eigenvalue weighted by Crippen LogP contribution is -2.25. The average molecular weight is 373 g/mol. The number of benzene rings is 1. The van der Waals surface area contributed by atoms with Crippen LogP contribution in [-0.2, 0) is 11.3 Å². The smallest absolute Gasteiger partial charge is 0.226 e. The molecule has 2 N–H and O–H groups in total. The maximum absolute atomic E-state index is 12.4. The number of carbonyl (C=O) groups excluding carboxylic acids is 1. The molecule has 4 heterocycles. The highest BCUT2D eigenvalue weighted by atomic mass is 16.5. The minimum Gasteiger partial charge on any atom is -0.496 e. The first-order valence-corrected chi connectivity index (χ1v) is 9.13. The quantitative estimate of drug-likeness (QED) is 0.575. The number of anilines is 1. The number of pyridine rings is 1. The minimum absolute atomic E-state index is 0.0322. The summed E-state index contributed by atoms with van der Waals surface area (Å²) >= 11 is 0. The number of aromatic nitrogens is 4. The van der Waals surface area contributed by atoms with E-state index in [9.17, 15) is 4.79 Å². The van der Waals surface area contributed by atoms with Gasteiger partial charge in [-0.1, -0.05) is 18.2 Å². The van der Waals surface area contributed by atoms with Gasteiger partial charge in [-0.2, -0.15) is 5.10 Å². The molecule has 7 heteroatoms. The van der Waals surface area contributed by atoms with Crippen molar-refractivity contribution in [2.75, 3.05) is 12.4 Å². The maximum atomic E-state index is 12.4. The van der Waals surface area contributed by atoms with Gasteiger partial charge in [0.1, 0.15) is 11.6 Å².